The predicted molar refractivity (Wildman–Crippen MR) is 101 cm³/mol. The van der Waals surface area contributed by atoms with Gasteiger partial charge in [0.05, 0.1) is 4.88 Å². The number of aromatic nitrogens is 2. The fraction of sp³-hybridized carbons (Fsp3) is 0.500. The molecule has 11 heteroatoms. The van der Waals surface area contributed by atoms with E-state index in [-0.39, 0.29) is 5.92 Å². The van der Waals surface area contributed by atoms with Gasteiger partial charge in [0.25, 0.3) is 5.91 Å². The third-order valence-electron chi connectivity index (χ3n) is 4.43. The van der Waals surface area contributed by atoms with Crippen LogP contribution in [-0.4, -0.2) is 45.2 Å². The van der Waals surface area contributed by atoms with E-state index in [0.29, 0.717) is 4.88 Å². The molecule has 0 saturated heterocycles. The van der Waals surface area contributed by atoms with Crippen molar-refractivity contribution in [1.29, 1.82) is 0 Å². The predicted octanol–water partition coefficient (Wildman–Crippen LogP) is 2.19. The molecule has 2 rings (SSSR count). The Labute approximate surface area is 169 Å². The van der Waals surface area contributed by atoms with Crippen molar-refractivity contribution in [3.8, 4) is 0 Å². The molecule has 0 unspecified atom stereocenters. The maximum atomic E-state index is 13.5. The Morgan fingerprint density at radius 3 is 2.52 bits per heavy atom. The lowest BCUT2D eigenvalue weighted by molar-refractivity contribution is -0.272. The normalized spacial score (nSPS) is 15.0. The first-order chi connectivity index (χ1) is 13.5. The summed E-state index contributed by atoms with van der Waals surface area (Å²) < 4.78 is 41.6. The van der Waals surface area contributed by atoms with E-state index in [0.717, 1.165) is 10.8 Å². The highest BCUT2D eigenvalue weighted by Crippen LogP contribution is 2.40. The number of amides is 2. The van der Waals surface area contributed by atoms with E-state index in [2.05, 4.69) is 15.6 Å². The van der Waals surface area contributed by atoms with Crippen molar-refractivity contribution in [3.63, 3.8) is 0 Å². The first-order valence-electron chi connectivity index (χ1n) is 8.86. The summed E-state index contributed by atoms with van der Waals surface area (Å²) in [6, 6.07) is 2.36. The number of hydrogen-bond acceptors (Lipinski definition) is 5. The number of halogens is 3. The molecule has 7 nitrogen and oxygen atoms in total. The molecular weight excluding hydrogens is 409 g/mol. The SMILES string of the molecule is CC(C)[C@H](NC(=O)c1cccs1)C(=O)NCC[C@](O)(c1nccn1C)C(F)(F)F. The summed E-state index contributed by atoms with van der Waals surface area (Å²) in [4.78, 5) is 28.7. The zero-order valence-electron chi connectivity index (χ0n) is 16.2. The average molecular weight is 432 g/mol. The molecule has 0 aromatic carbocycles. The van der Waals surface area contributed by atoms with Crippen LogP contribution in [0, 0.1) is 5.92 Å². The highest BCUT2D eigenvalue weighted by molar-refractivity contribution is 7.12. The number of aryl methyl sites for hydroxylation is 1. The van der Waals surface area contributed by atoms with Gasteiger partial charge in [-0.2, -0.15) is 13.2 Å². The molecule has 2 aromatic rings. The van der Waals surface area contributed by atoms with Crippen LogP contribution in [0.4, 0.5) is 13.2 Å². The molecule has 0 radical (unpaired) electrons. The van der Waals surface area contributed by atoms with E-state index in [9.17, 15) is 27.9 Å². The highest BCUT2D eigenvalue weighted by Gasteiger charge is 2.57. The molecule has 0 saturated carbocycles. The monoisotopic (exact) mass is 432 g/mol. The Hall–Kier alpha value is -2.40. The van der Waals surface area contributed by atoms with Crippen LogP contribution in [-0.2, 0) is 17.4 Å². The van der Waals surface area contributed by atoms with E-state index in [1.807, 2.05) is 0 Å². The highest BCUT2D eigenvalue weighted by atomic mass is 32.1. The number of alkyl halides is 3. The first-order valence-corrected chi connectivity index (χ1v) is 9.74. The van der Waals surface area contributed by atoms with E-state index >= 15 is 0 Å². The van der Waals surface area contributed by atoms with Crippen LogP contribution in [0.2, 0.25) is 0 Å². The number of nitrogens with zero attached hydrogens (tertiary/aromatic N) is 2. The van der Waals surface area contributed by atoms with Gasteiger partial charge in [-0.15, -0.1) is 11.3 Å². The maximum Gasteiger partial charge on any atom is 0.424 e. The minimum atomic E-state index is -4.98. The summed E-state index contributed by atoms with van der Waals surface area (Å²) >= 11 is 1.21. The number of aliphatic hydroxyl groups is 1. The van der Waals surface area contributed by atoms with Crippen LogP contribution in [0.5, 0.6) is 0 Å². The number of imidazole rings is 1. The van der Waals surface area contributed by atoms with Crippen molar-refractivity contribution >= 4 is 23.2 Å². The minimum Gasteiger partial charge on any atom is -0.374 e. The van der Waals surface area contributed by atoms with Crippen LogP contribution in [0.3, 0.4) is 0 Å². The Balaban J connectivity index is 2.05. The third kappa shape index (κ3) is 5.15. The largest absolute Gasteiger partial charge is 0.424 e. The van der Waals surface area contributed by atoms with E-state index < -0.39 is 48.4 Å². The zero-order valence-corrected chi connectivity index (χ0v) is 17.0. The second-order valence-corrected chi connectivity index (χ2v) is 7.88. The Bertz CT molecular complexity index is 836. The van der Waals surface area contributed by atoms with Gasteiger partial charge in [-0.1, -0.05) is 19.9 Å². The molecule has 2 atom stereocenters. The summed E-state index contributed by atoms with van der Waals surface area (Å²) in [5.41, 5.74) is -3.22. The third-order valence-corrected chi connectivity index (χ3v) is 5.30. The van der Waals surface area contributed by atoms with Gasteiger partial charge in [0.1, 0.15) is 11.9 Å². The standard InChI is InChI=1S/C18H23F3N4O3S/c1-11(2)13(24-14(26)12-5-4-10-29-12)15(27)22-7-6-17(28,18(19,20)21)16-23-8-9-25(16)3/h4-5,8-11,13,28H,6-7H2,1-3H3,(H,22,27)(H,24,26)/t13-,17-/m0/s1. The maximum absolute atomic E-state index is 13.5. The van der Waals surface area contributed by atoms with E-state index in [1.165, 1.54) is 24.6 Å². The smallest absolute Gasteiger partial charge is 0.374 e. The van der Waals surface area contributed by atoms with Crippen LogP contribution in [0.15, 0.2) is 29.9 Å². The minimum absolute atomic E-state index is 0.296. The molecule has 29 heavy (non-hydrogen) atoms. The Kier molecular flexibility index (Phi) is 7.06. The van der Waals surface area contributed by atoms with Crippen molar-refractivity contribution in [2.45, 2.75) is 38.1 Å². The lowest BCUT2D eigenvalue weighted by Crippen LogP contribution is -2.51. The van der Waals surface area contributed by atoms with E-state index in [4.69, 9.17) is 0 Å². The van der Waals surface area contributed by atoms with Crippen LogP contribution in [0.1, 0.15) is 35.8 Å². The fourth-order valence-corrected chi connectivity index (χ4v) is 3.40. The van der Waals surface area contributed by atoms with Crippen LogP contribution in [0.25, 0.3) is 0 Å². The van der Waals surface area contributed by atoms with Gasteiger partial charge in [-0.05, 0) is 17.4 Å². The second-order valence-electron chi connectivity index (χ2n) is 6.93. The van der Waals surface area contributed by atoms with Gasteiger partial charge >= 0.3 is 6.18 Å². The number of rotatable bonds is 8. The number of hydrogen-bond donors (Lipinski definition) is 3. The molecule has 0 fully saturated rings. The molecule has 3 N–H and O–H groups in total. The number of carbonyl (C=O) groups excluding carboxylic acids is 2. The topological polar surface area (TPSA) is 96.2 Å². The lowest BCUT2D eigenvalue weighted by Gasteiger charge is -2.30. The molecule has 0 aliphatic carbocycles. The van der Waals surface area contributed by atoms with Gasteiger partial charge < -0.3 is 20.3 Å². The van der Waals surface area contributed by atoms with Crippen LogP contribution < -0.4 is 10.6 Å². The van der Waals surface area contributed by atoms with Crippen molar-refractivity contribution in [2.75, 3.05) is 6.54 Å². The summed E-state index contributed by atoms with van der Waals surface area (Å²) in [6.45, 7) is 2.96. The average Bonchev–Trinajstić information content (AvgIpc) is 3.29. The number of carbonyl (C=O) groups is 2. The van der Waals surface area contributed by atoms with Crippen molar-refractivity contribution < 1.29 is 27.9 Å². The summed E-state index contributed by atoms with van der Waals surface area (Å²) in [6.07, 6.45) is -3.36. The summed E-state index contributed by atoms with van der Waals surface area (Å²) in [5, 5.41) is 17.0. The molecular formula is C18H23F3N4O3S. The van der Waals surface area contributed by atoms with Gasteiger partial charge in [-0.25, -0.2) is 4.98 Å². The number of thiophene rings is 1. The summed E-state index contributed by atoms with van der Waals surface area (Å²) in [5.74, 6) is -1.93. The molecule has 0 aliphatic heterocycles. The van der Waals surface area contributed by atoms with Crippen molar-refractivity contribution in [1.82, 2.24) is 20.2 Å². The van der Waals surface area contributed by atoms with Gasteiger partial charge in [0.15, 0.2) is 0 Å². The van der Waals surface area contributed by atoms with Gasteiger partial charge in [-0.3, -0.25) is 9.59 Å². The fourth-order valence-electron chi connectivity index (χ4n) is 2.78. The molecule has 160 valence electrons. The molecule has 0 bridgehead atoms. The van der Waals surface area contributed by atoms with Gasteiger partial charge in [0.2, 0.25) is 11.5 Å². The molecule has 0 spiro atoms. The quantitative estimate of drug-likeness (QED) is 0.596. The second kappa shape index (κ2) is 8.95. The lowest BCUT2D eigenvalue weighted by atomic mass is 9.97. The molecule has 0 aliphatic rings. The molecule has 2 amide bonds. The van der Waals surface area contributed by atoms with Crippen molar-refractivity contribution in [2.24, 2.45) is 13.0 Å². The molecule has 2 heterocycles. The first kappa shape index (κ1) is 22.9. The summed E-state index contributed by atoms with van der Waals surface area (Å²) in [7, 11) is 1.34. The van der Waals surface area contributed by atoms with Crippen LogP contribution >= 0.6 is 11.3 Å². The molecule has 2 aromatic heterocycles. The Morgan fingerprint density at radius 2 is 2.03 bits per heavy atom. The van der Waals surface area contributed by atoms with E-state index in [1.54, 1.807) is 31.4 Å². The number of nitrogens with one attached hydrogen (secondary N) is 2. The zero-order chi connectivity index (χ0) is 21.8. The van der Waals surface area contributed by atoms with Crippen molar-refractivity contribution in [3.05, 3.63) is 40.6 Å². The van der Waals surface area contributed by atoms with Gasteiger partial charge in [0, 0.05) is 32.4 Å². The Morgan fingerprint density at radius 1 is 1.34 bits per heavy atom.